The maximum Gasteiger partial charge on any atom is 0.222 e. The van der Waals surface area contributed by atoms with Crippen LogP contribution in [-0.4, -0.2) is 59.2 Å². The zero-order chi connectivity index (χ0) is 14.7. The summed E-state index contributed by atoms with van der Waals surface area (Å²) in [6.45, 7) is 9.22. The van der Waals surface area contributed by atoms with E-state index in [1.54, 1.807) is 0 Å². The Kier molecular flexibility index (Phi) is 4.60. The lowest BCUT2D eigenvalue weighted by molar-refractivity contribution is -0.132. The highest BCUT2D eigenvalue weighted by molar-refractivity contribution is 5.98. The van der Waals surface area contributed by atoms with Crippen LogP contribution >= 0.6 is 0 Å². The van der Waals surface area contributed by atoms with Gasteiger partial charge in [0.15, 0.2) is 5.78 Å². The molecule has 1 N–H and O–H groups in total. The van der Waals surface area contributed by atoms with Crippen molar-refractivity contribution in [3.05, 3.63) is 23.0 Å². The summed E-state index contributed by atoms with van der Waals surface area (Å²) < 4.78 is 0. The monoisotopic (exact) mass is 277 g/mol. The molecule has 0 bridgehead atoms. The molecule has 1 aromatic heterocycles. The second kappa shape index (κ2) is 6.22. The molecule has 0 atom stereocenters. The summed E-state index contributed by atoms with van der Waals surface area (Å²) in [6, 6.07) is 1.91. The molecule has 1 fully saturated rings. The van der Waals surface area contributed by atoms with Gasteiger partial charge in [0.1, 0.15) is 0 Å². The lowest BCUT2D eigenvalue weighted by Gasteiger charge is -2.34. The zero-order valence-corrected chi connectivity index (χ0v) is 12.5. The normalized spacial score (nSPS) is 16.4. The smallest absolute Gasteiger partial charge is 0.222 e. The van der Waals surface area contributed by atoms with E-state index in [0.717, 1.165) is 43.1 Å². The van der Waals surface area contributed by atoms with E-state index in [1.165, 1.54) is 0 Å². The van der Waals surface area contributed by atoms with E-state index in [2.05, 4.69) is 9.88 Å². The van der Waals surface area contributed by atoms with E-state index in [9.17, 15) is 9.59 Å². The quantitative estimate of drug-likeness (QED) is 0.846. The molecule has 5 nitrogen and oxygen atoms in total. The summed E-state index contributed by atoms with van der Waals surface area (Å²) >= 11 is 0. The highest BCUT2D eigenvalue weighted by Gasteiger charge is 2.22. The van der Waals surface area contributed by atoms with Crippen LogP contribution < -0.4 is 0 Å². The number of hydrogen-bond acceptors (Lipinski definition) is 3. The van der Waals surface area contributed by atoms with Crippen LogP contribution in [0.4, 0.5) is 0 Å². The van der Waals surface area contributed by atoms with Gasteiger partial charge in [-0.15, -0.1) is 0 Å². The minimum atomic E-state index is 0.155. The number of aromatic amines is 1. The number of carbonyl (C=O) groups is 2. The van der Waals surface area contributed by atoms with Crippen LogP contribution in [0.15, 0.2) is 6.07 Å². The van der Waals surface area contributed by atoms with Crippen LogP contribution in [0, 0.1) is 13.8 Å². The molecule has 0 radical (unpaired) electrons. The number of aromatic nitrogens is 1. The van der Waals surface area contributed by atoms with E-state index < -0.39 is 0 Å². The number of aryl methyl sites for hydroxylation is 2. The molecular formula is C15H23N3O2. The van der Waals surface area contributed by atoms with Crippen molar-refractivity contribution >= 4 is 11.7 Å². The van der Waals surface area contributed by atoms with E-state index in [4.69, 9.17) is 0 Å². The van der Waals surface area contributed by atoms with Crippen molar-refractivity contribution in [1.82, 2.24) is 14.8 Å². The molecule has 1 saturated heterocycles. The Morgan fingerprint density at radius 3 is 2.35 bits per heavy atom. The lowest BCUT2D eigenvalue weighted by Crippen LogP contribution is -2.49. The Morgan fingerprint density at radius 2 is 1.85 bits per heavy atom. The average molecular weight is 277 g/mol. The molecule has 0 aliphatic carbocycles. The van der Waals surface area contributed by atoms with Crippen LogP contribution in [0.2, 0.25) is 0 Å². The fourth-order valence-corrected chi connectivity index (χ4v) is 2.68. The Bertz CT molecular complexity index is 499. The van der Waals surface area contributed by atoms with Gasteiger partial charge in [0.2, 0.25) is 5.91 Å². The number of rotatable bonds is 4. The largest absolute Gasteiger partial charge is 0.362 e. The molecule has 1 amide bonds. The first-order valence-electron chi connectivity index (χ1n) is 7.20. The van der Waals surface area contributed by atoms with Crippen LogP contribution in [-0.2, 0) is 4.79 Å². The molecule has 1 aliphatic heterocycles. The summed E-state index contributed by atoms with van der Waals surface area (Å²) in [5, 5.41) is 0. The van der Waals surface area contributed by atoms with Gasteiger partial charge in [-0.05, 0) is 19.9 Å². The number of carbonyl (C=O) groups excluding carboxylic acids is 2. The van der Waals surface area contributed by atoms with Gasteiger partial charge in [-0.3, -0.25) is 14.5 Å². The van der Waals surface area contributed by atoms with Gasteiger partial charge in [-0.25, -0.2) is 0 Å². The number of piperazine rings is 1. The van der Waals surface area contributed by atoms with E-state index >= 15 is 0 Å². The second-order valence-corrected chi connectivity index (χ2v) is 5.42. The molecule has 0 saturated carbocycles. The van der Waals surface area contributed by atoms with Crippen molar-refractivity contribution in [2.45, 2.75) is 27.2 Å². The van der Waals surface area contributed by atoms with Crippen LogP contribution in [0.5, 0.6) is 0 Å². The number of nitrogens with zero attached hydrogens (tertiary/aromatic N) is 2. The molecule has 5 heteroatoms. The molecule has 1 aliphatic rings. The number of Topliss-reactive ketones (excluding diaryl/α,β-unsaturated/α-hetero) is 1. The van der Waals surface area contributed by atoms with E-state index in [0.29, 0.717) is 13.0 Å². The second-order valence-electron chi connectivity index (χ2n) is 5.42. The SMILES string of the molecule is CCC(=O)N1CCN(CC(=O)c2cc(C)[nH]c2C)CC1. The molecule has 20 heavy (non-hydrogen) atoms. The van der Waals surface area contributed by atoms with Gasteiger partial charge in [-0.1, -0.05) is 6.92 Å². The number of hydrogen-bond donors (Lipinski definition) is 1. The third-order valence-corrected chi connectivity index (χ3v) is 3.84. The predicted octanol–water partition coefficient (Wildman–Crippen LogP) is 1.37. The molecule has 110 valence electrons. The van der Waals surface area contributed by atoms with Gasteiger partial charge in [0.25, 0.3) is 0 Å². The molecule has 2 heterocycles. The van der Waals surface area contributed by atoms with Crippen LogP contribution in [0.1, 0.15) is 35.1 Å². The fraction of sp³-hybridized carbons (Fsp3) is 0.600. The van der Waals surface area contributed by atoms with Crippen molar-refractivity contribution in [1.29, 1.82) is 0 Å². The minimum absolute atomic E-state index is 0.155. The van der Waals surface area contributed by atoms with Gasteiger partial charge < -0.3 is 9.88 Å². The van der Waals surface area contributed by atoms with Crippen molar-refractivity contribution in [3.8, 4) is 0 Å². The minimum Gasteiger partial charge on any atom is -0.362 e. The van der Waals surface area contributed by atoms with Crippen molar-refractivity contribution < 1.29 is 9.59 Å². The standard InChI is InChI=1S/C15H23N3O2/c1-4-15(20)18-7-5-17(6-8-18)10-14(19)13-9-11(2)16-12(13)3/h9,16H,4-8,10H2,1-3H3. The maximum atomic E-state index is 12.3. The number of H-pyrrole nitrogens is 1. The molecule has 0 unspecified atom stereocenters. The summed E-state index contributed by atoms with van der Waals surface area (Å²) in [4.78, 5) is 31.1. The first kappa shape index (κ1) is 14.8. The zero-order valence-electron chi connectivity index (χ0n) is 12.5. The Balaban J connectivity index is 1.88. The highest BCUT2D eigenvalue weighted by Crippen LogP contribution is 2.12. The summed E-state index contributed by atoms with van der Waals surface area (Å²) in [5.41, 5.74) is 2.74. The van der Waals surface area contributed by atoms with Gasteiger partial charge in [-0.2, -0.15) is 0 Å². The molecule has 1 aromatic rings. The molecular weight excluding hydrogens is 254 g/mol. The number of amides is 1. The lowest BCUT2D eigenvalue weighted by atomic mass is 10.1. The topological polar surface area (TPSA) is 56.4 Å². The number of ketones is 1. The van der Waals surface area contributed by atoms with E-state index in [1.807, 2.05) is 31.7 Å². The van der Waals surface area contributed by atoms with Gasteiger partial charge >= 0.3 is 0 Å². The van der Waals surface area contributed by atoms with Crippen LogP contribution in [0.3, 0.4) is 0 Å². The van der Waals surface area contributed by atoms with Crippen molar-refractivity contribution in [3.63, 3.8) is 0 Å². The average Bonchev–Trinajstić information content (AvgIpc) is 2.78. The van der Waals surface area contributed by atoms with Gasteiger partial charge in [0.05, 0.1) is 6.54 Å². The predicted molar refractivity (Wildman–Crippen MR) is 77.9 cm³/mol. The van der Waals surface area contributed by atoms with Crippen molar-refractivity contribution in [2.75, 3.05) is 32.7 Å². The molecule has 0 spiro atoms. The van der Waals surface area contributed by atoms with Crippen LogP contribution in [0.25, 0.3) is 0 Å². The third kappa shape index (κ3) is 3.28. The fourth-order valence-electron chi connectivity index (χ4n) is 2.68. The van der Waals surface area contributed by atoms with E-state index in [-0.39, 0.29) is 11.7 Å². The Morgan fingerprint density at radius 1 is 1.20 bits per heavy atom. The van der Waals surface area contributed by atoms with Crippen molar-refractivity contribution in [2.24, 2.45) is 0 Å². The van der Waals surface area contributed by atoms with Gasteiger partial charge in [0, 0.05) is 49.6 Å². The molecule has 2 rings (SSSR count). The Labute approximate surface area is 119 Å². The number of nitrogens with one attached hydrogen (secondary N) is 1. The molecule has 0 aromatic carbocycles. The first-order valence-corrected chi connectivity index (χ1v) is 7.20. The first-order chi connectivity index (χ1) is 9.51. The summed E-state index contributed by atoms with van der Waals surface area (Å²) in [5.74, 6) is 0.357. The maximum absolute atomic E-state index is 12.3. The third-order valence-electron chi connectivity index (χ3n) is 3.84. The Hall–Kier alpha value is -1.62. The summed E-state index contributed by atoms with van der Waals surface area (Å²) in [7, 11) is 0. The highest BCUT2D eigenvalue weighted by atomic mass is 16.2. The summed E-state index contributed by atoms with van der Waals surface area (Å²) in [6.07, 6.45) is 0.556.